The minimum atomic E-state index is -0.549. The molecule has 1 aliphatic heterocycles. The Kier molecular flexibility index (Phi) is 5.07. The van der Waals surface area contributed by atoms with Gasteiger partial charge in [-0.1, -0.05) is 67.3 Å². The largest absolute Gasteiger partial charge is 0.490 e. The van der Waals surface area contributed by atoms with Gasteiger partial charge in [0.1, 0.15) is 17.9 Å². The molecule has 2 heterocycles. The average molecular weight is 423 g/mol. The molecule has 0 saturated heterocycles. The first-order chi connectivity index (χ1) is 15.7. The lowest BCUT2D eigenvalue weighted by atomic mass is 9.98. The Balaban J connectivity index is 1.65. The van der Waals surface area contributed by atoms with Gasteiger partial charge in [-0.3, -0.25) is 9.59 Å². The number of amides is 1. The third kappa shape index (κ3) is 3.38. The molecule has 5 heteroatoms. The molecule has 0 saturated carbocycles. The minimum absolute atomic E-state index is 0.113. The van der Waals surface area contributed by atoms with E-state index in [1.165, 1.54) is 0 Å². The molecule has 4 aromatic rings. The highest BCUT2D eigenvalue weighted by Gasteiger charge is 2.42. The van der Waals surface area contributed by atoms with Gasteiger partial charge in [-0.15, -0.1) is 0 Å². The zero-order valence-electron chi connectivity index (χ0n) is 17.4. The summed E-state index contributed by atoms with van der Waals surface area (Å²) in [4.78, 5) is 28.6. The summed E-state index contributed by atoms with van der Waals surface area (Å²) in [6, 6.07) is 23.7. The van der Waals surface area contributed by atoms with Crippen molar-refractivity contribution < 1.29 is 13.9 Å². The Morgan fingerprint density at radius 2 is 1.66 bits per heavy atom. The molecule has 5 nitrogen and oxygen atoms in total. The molecule has 0 spiro atoms. The van der Waals surface area contributed by atoms with E-state index >= 15 is 0 Å². The van der Waals surface area contributed by atoms with Crippen molar-refractivity contribution in [3.63, 3.8) is 0 Å². The predicted octanol–water partition coefficient (Wildman–Crippen LogP) is 5.10. The van der Waals surface area contributed by atoms with Gasteiger partial charge >= 0.3 is 0 Å². The Morgan fingerprint density at radius 1 is 0.938 bits per heavy atom. The van der Waals surface area contributed by atoms with E-state index in [1.807, 2.05) is 54.6 Å². The molecule has 5 rings (SSSR count). The maximum atomic E-state index is 13.5. The van der Waals surface area contributed by atoms with Crippen LogP contribution in [0, 0.1) is 0 Å². The maximum Gasteiger partial charge on any atom is 0.291 e. The lowest BCUT2D eigenvalue weighted by Gasteiger charge is -2.25. The maximum absolute atomic E-state index is 13.5. The second kappa shape index (κ2) is 8.19. The van der Waals surface area contributed by atoms with E-state index in [0.717, 1.165) is 11.1 Å². The van der Waals surface area contributed by atoms with Crippen molar-refractivity contribution in [2.24, 2.45) is 0 Å². The van der Waals surface area contributed by atoms with E-state index in [0.29, 0.717) is 35.4 Å². The van der Waals surface area contributed by atoms with Crippen molar-refractivity contribution in [3.05, 3.63) is 124 Å². The zero-order chi connectivity index (χ0) is 22.1. The topological polar surface area (TPSA) is 59.8 Å². The van der Waals surface area contributed by atoms with Crippen molar-refractivity contribution in [2.45, 2.75) is 12.6 Å². The molecule has 1 unspecified atom stereocenters. The SMILES string of the molecule is C=CCOc1ccc(C2c3c(oc4ccccc4c3=O)C(=O)N2Cc2ccccc2)cc1. The molecule has 1 amide bonds. The van der Waals surface area contributed by atoms with E-state index in [1.54, 1.807) is 35.2 Å². The van der Waals surface area contributed by atoms with Gasteiger partial charge in [0.2, 0.25) is 5.76 Å². The van der Waals surface area contributed by atoms with E-state index < -0.39 is 6.04 Å². The fourth-order valence-corrected chi connectivity index (χ4v) is 4.16. The lowest BCUT2D eigenvalue weighted by molar-refractivity contribution is 0.0714. The lowest BCUT2D eigenvalue weighted by Crippen LogP contribution is -2.29. The van der Waals surface area contributed by atoms with Crippen LogP contribution in [0.1, 0.15) is 33.3 Å². The Bertz CT molecular complexity index is 1360. The summed E-state index contributed by atoms with van der Waals surface area (Å²) in [5.74, 6) is 0.517. The van der Waals surface area contributed by atoms with Gasteiger partial charge in [0.25, 0.3) is 5.91 Å². The van der Waals surface area contributed by atoms with Crippen molar-refractivity contribution in [2.75, 3.05) is 6.61 Å². The van der Waals surface area contributed by atoms with Crippen LogP contribution in [-0.4, -0.2) is 17.4 Å². The minimum Gasteiger partial charge on any atom is -0.490 e. The highest BCUT2D eigenvalue weighted by molar-refractivity contribution is 5.99. The molecule has 0 radical (unpaired) electrons. The third-order valence-electron chi connectivity index (χ3n) is 5.63. The first kappa shape index (κ1) is 19.8. The van der Waals surface area contributed by atoms with Crippen LogP contribution < -0.4 is 10.2 Å². The quantitative estimate of drug-likeness (QED) is 0.405. The summed E-state index contributed by atoms with van der Waals surface area (Å²) >= 11 is 0. The number of nitrogens with zero attached hydrogens (tertiary/aromatic N) is 1. The zero-order valence-corrected chi connectivity index (χ0v) is 17.4. The highest BCUT2D eigenvalue weighted by atomic mass is 16.5. The molecule has 3 aromatic carbocycles. The molecular weight excluding hydrogens is 402 g/mol. The van der Waals surface area contributed by atoms with Gasteiger partial charge in [-0.25, -0.2) is 0 Å². The Labute approximate surface area is 185 Å². The summed E-state index contributed by atoms with van der Waals surface area (Å²) in [6.45, 7) is 4.42. The molecular formula is C27H21NO4. The summed E-state index contributed by atoms with van der Waals surface area (Å²) in [5.41, 5.74) is 2.41. The molecule has 0 N–H and O–H groups in total. The van der Waals surface area contributed by atoms with Gasteiger partial charge in [-0.2, -0.15) is 0 Å². The van der Waals surface area contributed by atoms with Crippen molar-refractivity contribution in [1.29, 1.82) is 0 Å². The van der Waals surface area contributed by atoms with E-state index in [9.17, 15) is 9.59 Å². The first-order valence-corrected chi connectivity index (χ1v) is 10.4. The highest BCUT2D eigenvalue weighted by Crippen LogP contribution is 2.39. The second-order valence-electron chi connectivity index (χ2n) is 7.66. The third-order valence-corrected chi connectivity index (χ3v) is 5.63. The summed E-state index contributed by atoms with van der Waals surface area (Å²) < 4.78 is 11.6. The van der Waals surface area contributed by atoms with E-state index in [-0.39, 0.29) is 17.1 Å². The second-order valence-corrected chi connectivity index (χ2v) is 7.66. The van der Waals surface area contributed by atoms with E-state index in [2.05, 4.69) is 6.58 Å². The number of carbonyl (C=O) groups is 1. The molecule has 32 heavy (non-hydrogen) atoms. The number of hydrogen-bond acceptors (Lipinski definition) is 4. The number of hydrogen-bond donors (Lipinski definition) is 0. The van der Waals surface area contributed by atoms with Gasteiger partial charge < -0.3 is 14.1 Å². The summed E-state index contributed by atoms with van der Waals surface area (Å²) in [5, 5.41) is 0.469. The van der Waals surface area contributed by atoms with Gasteiger partial charge in [0.15, 0.2) is 5.43 Å². The molecule has 1 aromatic heterocycles. The van der Waals surface area contributed by atoms with Crippen LogP contribution in [0.2, 0.25) is 0 Å². The number of rotatable bonds is 6. The van der Waals surface area contributed by atoms with Crippen LogP contribution in [0.15, 0.2) is 101 Å². The van der Waals surface area contributed by atoms with Gasteiger partial charge in [0, 0.05) is 6.54 Å². The van der Waals surface area contributed by atoms with Crippen molar-refractivity contribution in [1.82, 2.24) is 4.90 Å². The summed E-state index contributed by atoms with van der Waals surface area (Å²) in [6.07, 6.45) is 1.68. The van der Waals surface area contributed by atoms with Crippen LogP contribution in [-0.2, 0) is 6.54 Å². The van der Waals surface area contributed by atoms with Crippen LogP contribution in [0.3, 0.4) is 0 Å². The van der Waals surface area contributed by atoms with Gasteiger partial charge in [-0.05, 0) is 35.4 Å². The average Bonchev–Trinajstić information content (AvgIpc) is 3.10. The van der Waals surface area contributed by atoms with Crippen LogP contribution >= 0.6 is 0 Å². The number of ether oxygens (including phenoxy) is 1. The first-order valence-electron chi connectivity index (χ1n) is 10.4. The molecule has 0 bridgehead atoms. The van der Waals surface area contributed by atoms with E-state index in [4.69, 9.17) is 9.15 Å². The van der Waals surface area contributed by atoms with Crippen LogP contribution in [0.4, 0.5) is 0 Å². The molecule has 0 fully saturated rings. The van der Waals surface area contributed by atoms with Crippen LogP contribution in [0.25, 0.3) is 11.0 Å². The number of carbonyl (C=O) groups excluding carboxylic acids is 1. The Morgan fingerprint density at radius 3 is 2.41 bits per heavy atom. The summed E-state index contributed by atoms with van der Waals surface area (Å²) in [7, 11) is 0. The number of benzene rings is 3. The number of fused-ring (bicyclic) bond motifs is 2. The number of para-hydroxylation sites is 1. The normalized spacial score (nSPS) is 15.1. The predicted molar refractivity (Wildman–Crippen MR) is 123 cm³/mol. The fraction of sp³-hybridized carbons (Fsp3) is 0.111. The van der Waals surface area contributed by atoms with Crippen molar-refractivity contribution in [3.8, 4) is 5.75 Å². The molecule has 158 valence electrons. The monoisotopic (exact) mass is 423 g/mol. The smallest absolute Gasteiger partial charge is 0.291 e. The van der Waals surface area contributed by atoms with Gasteiger partial charge in [0.05, 0.1) is 17.0 Å². The fourth-order valence-electron chi connectivity index (χ4n) is 4.16. The Hall–Kier alpha value is -4.12. The van der Waals surface area contributed by atoms with Crippen LogP contribution in [0.5, 0.6) is 5.75 Å². The molecule has 1 aliphatic rings. The van der Waals surface area contributed by atoms with Crippen molar-refractivity contribution >= 4 is 16.9 Å². The molecule has 1 atom stereocenters. The standard InChI is InChI=1S/C27H21NO4/c1-2-16-31-20-14-12-19(13-15-20)24-23-25(29)21-10-6-7-11-22(21)32-26(23)27(30)28(24)17-18-8-4-3-5-9-18/h2-15,24H,1,16-17H2. The molecule has 0 aliphatic carbocycles.